The van der Waals surface area contributed by atoms with Crippen LogP contribution in [-0.2, 0) is 16.1 Å². The third kappa shape index (κ3) is 5.24. The van der Waals surface area contributed by atoms with Crippen LogP contribution in [0.3, 0.4) is 0 Å². The van der Waals surface area contributed by atoms with Gasteiger partial charge >= 0.3 is 0 Å². The first kappa shape index (κ1) is 26.0. The number of Topliss-reactive ketones (excluding diaryl/α,β-unsaturated/α-hetero) is 1. The van der Waals surface area contributed by atoms with E-state index in [-0.39, 0.29) is 23.8 Å². The van der Waals surface area contributed by atoms with E-state index in [1.807, 2.05) is 88.4 Å². The quantitative estimate of drug-likeness (QED) is 0.229. The maximum atomic E-state index is 13.4. The molecular weight excluding hydrogens is 466 g/mol. The molecule has 3 aromatic rings. The first-order valence-corrected chi connectivity index (χ1v) is 12.5. The maximum absolute atomic E-state index is 13.4. The SMILES string of the molecule is CCOc1ccc(/C(O)=C2/C(=O)C(=O)N(Cc3ccc(OC)cc3)C2c2cccc(C)c2)cc1C(C)C. The molecule has 6 nitrogen and oxygen atoms in total. The number of benzene rings is 3. The number of aryl methyl sites for hydroxylation is 1. The number of carbonyl (C=O) groups excluding carboxylic acids is 2. The second-order valence-corrected chi connectivity index (χ2v) is 9.53. The van der Waals surface area contributed by atoms with Gasteiger partial charge in [0.05, 0.1) is 25.3 Å². The highest BCUT2D eigenvalue weighted by Gasteiger charge is 2.46. The molecule has 1 N–H and O–H groups in total. The van der Waals surface area contributed by atoms with Gasteiger partial charge in [-0.3, -0.25) is 9.59 Å². The molecule has 0 saturated carbocycles. The molecule has 1 amide bonds. The summed E-state index contributed by atoms with van der Waals surface area (Å²) in [5, 5.41) is 11.5. The number of hydrogen-bond donors (Lipinski definition) is 1. The number of rotatable bonds is 8. The van der Waals surface area contributed by atoms with Crippen molar-refractivity contribution in [2.24, 2.45) is 0 Å². The van der Waals surface area contributed by atoms with E-state index >= 15 is 0 Å². The molecule has 1 aliphatic rings. The first-order chi connectivity index (χ1) is 17.7. The lowest BCUT2D eigenvalue weighted by Crippen LogP contribution is -2.29. The predicted octanol–water partition coefficient (Wildman–Crippen LogP) is 6.15. The number of hydrogen-bond acceptors (Lipinski definition) is 5. The number of ketones is 1. The van der Waals surface area contributed by atoms with Crippen molar-refractivity contribution >= 4 is 17.4 Å². The Hall–Kier alpha value is -4.06. The molecule has 0 spiro atoms. The minimum absolute atomic E-state index is 0.0861. The Bertz CT molecular complexity index is 1340. The zero-order valence-electron chi connectivity index (χ0n) is 21.9. The molecule has 1 saturated heterocycles. The fraction of sp³-hybridized carbons (Fsp3) is 0.290. The molecule has 4 rings (SSSR count). The number of carbonyl (C=O) groups is 2. The maximum Gasteiger partial charge on any atom is 0.295 e. The minimum Gasteiger partial charge on any atom is -0.507 e. The van der Waals surface area contributed by atoms with Crippen LogP contribution in [0.25, 0.3) is 5.76 Å². The third-order valence-corrected chi connectivity index (χ3v) is 6.61. The Kier molecular flexibility index (Phi) is 7.67. The van der Waals surface area contributed by atoms with Gasteiger partial charge in [0.15, 0.2) is 0 Å². The van der Waals surface area contributed by atoms with Gasteiger partial charge in [-0.2, -0.15) is 0 Å². The van der Waals surface area contributed by atoms with Crippen molar-refractivity contribution in [3.63, 3.8) is 0 Å². The Labute approximate surface area is 218 Å². The molecule has 37 heavy (non-hydrogen) atoms. The van der Waals surface area contributed by atoms with Crippen molar-refractivity contribution in [3.8, 4) is 11.5 Å². The molecule has 1 fully saturated rings. The monoisotopic (exact) mass is 499 g/mol. The highest BCUT2D eigenvalue weighted by Crippen LogP contribution is 2.41. The lowest BCUT2D eigenvalue weighted by molar-refractivity contribution is -0.140. The Morgan fingerprint density at radius 1 is 1.03 bits per heavy atom. The number of likely N-dealkylation sites (tertiary alicyclic amines) is 1. The van der Waals surface area contributed by atoms with Crippen LogP contribution in [-0.4, -0.2) is 35.4 Å². The fourth-order valence-corrected chi connectivity index (χ4v) is 4.75. The number of aliphatic hydroxyl groups excluding tert-OH is 1. The zero-order valence-corrected chi connectivity index (χ0v) is 21.9. The average molecular weight is 500 g/mol. The summed E-state index contributed by atoms with van der Waals surface area (Å²) < 4.78 is 11.0. The minimum atomic E-state index is -0.726. The average Bonchev–Trinajstić information content (AvgIpc) is 3.14. The molecule has 6 heteroatoms. The number of methoxy groups -OCH3 is 1. The smallest absolute Gasteiger partial charge is 0.295 e. The summed E-state index contributed by atoms with van der Waals surface area (Å²) in [6, 6.07) is 19.7. The lowest BCUT2D eigenvalue weighted by atomic mass is 9.92. The number of aliphatic hydroxyl groups is 1. The highest BCUT2D eigenvalue weighted by atomic mass is 16.5. The number of nitrogens with zero attached hydrogens (tertiary/aromatic N) is 1. The molecule has 0 bridgehead atoms. The van der Waals surface area contributed by atoms with Crippen molar-refractivity contribution in [1.29, 1.82) is 0 Å². The molecular formula is C31H33NO5. The van der Waals surface area contributed by atoms with Crippen molar-refractivity contribution in [2.75, 3.05) is 13.7 Å². The van der Waals surface area contributed by atoms with Gasteiger partial charge in [0.2, 0.25) is 0 Å². The summed E-state index contributed by atoms with van der Waals surface area (Å²) in [5.74, 6) is 0.0597. The highest BCUT2D eigenvalue weighted by molar-refractivity contribution is 6.46. The zero-order chi connectivity index (χ0) is 26.7. The van der Waals surface area contributed by atoms with Gasteiger partial charge in [-0.15, -0.1) is 0 Å². The molecule has 1 atom stereocenters. The van der Waals surface area contributed by atoms with E-state index in [2.05, 4.69) is 0 Å². The van der Waals surface area contributed by atoms with Gasteiger partial charge in [0, 0.05) is 12.1 Å². The second kappa shape index (κ2) is 10.9. The molecule has 0 radical (unpaired) electrons. The van der Waals surface area contributed by atoms with Crippen LogP contribution in [0.15, 0.2) is 72.3 Å². The van der Waals surface area contributed by atoms with Crippen molar-refractivity contribution in [2.45, 2.75) is 46.2 Å². The topological polar surface area (TPSA) is 76.1 Å². The van der Waals surface area contributed by atoms with E-state index in [9.17, 15) is 14.7 Å². The Balaban J connectivity index is 1.85. The predicted molar refractivity (Wildman–Crippen MR) is 144 cm³/mol. The largest absolute Gasteiger partial charge is 0.507 e. The summed E-state index contributed by atoms with van der Waals surface area (Å²) in [6.07, 6.45) is 0. The molecule has 1 unspecified atom stereocenters. The van der Waals surface area contributed by atoms with Crippen molar-refractivity contribution < 1.29 is 24.2 Å². The van der Waals surface area contributed by atoms with E-state index in [4.69, 9.17) is 9.47 Å². The Morgan fingerprint density at radius 2 is 1.76 bits per heavy atom. The van der Waals surface area contributed by atoms with Crippen LogP contribution in [0.1, 0.15) is 60.5 Å². The van der Waals surface area contributed by atoms with Crippen LogP contribution in [0.2, 0.25) is 0 Å². The van der Waals surface area contributed by atoms with Gasteiger partial charge in [0.25, 0.3) is 11.7 Å². The Morgan fingerprint density at radius 3 is 2.38 bits per heavy atom. The first-order valence-electron chi connectivity index (χ1n) is 12.5. The van der Waals surface area contributed by atoms with Crippen LogP contribution in [0, 0.1) is 6.92 Å². The molecule has 192 valence electrons. The molecule has 1 heterocycles. The van der Waals surface area contributed by atoms with Gasteiger partial charge in [-0.05, 0) is 66.8 Å². The third-order valence-electron chi connectivity index (χ3n) is 6.61. The van der Waals surface area contributed by atoms with Crippen LogP contribution in [0.5, 0.6) is 11.5 Å². The van der Waals surface area contributed by atoms with Crippen molar-refractivity contribution in [3.05, 3.63) is 100 Å². The summed E-state index contributed by atoms with van der Waals surface area (Å²) in [4.78, 5) is 28.3. The van der Waals surface area contributed by atoms with Crippen molar-refractivity contribution in [1.82, 2.24) is 4.90 Å². The van der Waals surface area contributed by atoms with Gasteiger partial charge in [0.1, 0.15) is 17.3 Å². The molecule has 0 aliphatic carbocycles. The fourth-order valence-electron chi connectivity index (χ4n) is 4.75. The molecule has 3 aromatic carbocycles. The lowest BCUT2D eigenvalue weighted by Gasteiger charge is -2.26. The van der Waals surface area contributed by atoms with Crippen LogP contribution in [0.4, 0.5) is 0 Å². The van der Waals surface area contributed by atoms with Gasteiger partial charge < -0.3 is 19.5 Å². The summed E-state index contributed by atoms with van der Waals surface area (Å²) in [5.41, 5.74) is 4.10. The van der Waals surface area contributed by atoms with E-state index in [0.717, 1.165) is 28.0 Å². The normalized spacial score (nSPS) is 16.9. The van der Waals surface area contributed by atoms with Crippen LogP contribution < -0.4 is 9.47 Å². The van der Waals surface area contributed by atoms with E-state index in [0.29, 0.717) is 17.9 Å². The van der Waals surface area contributed by atoms with Gasteiger partial charge in [-0.1, -0.05) is 55.8 Å². The van der Waals surface area contributed by atoms with Crippen LogP contribution >= 0.6 is 0 Å². The molecule has 1 aliphatic heterocycles. The second-order valence-electron chi connectivity index (χ2n) is 9.53. The van der Waals surface area contributed by atoms with E-state index in [1.54, 1.807) is 13.2 Å². The van der Waals surface area contributed by atoms with E-state index in [1.165, 1.54) is 4.90 Å². The number of ether oxygens (including phenoxy) is 2. The standard InChI is InChI=1S/C31H33NO5/c1-6-37-26-15-12-23(17-25(26)19(2)3)29(33)27-28(22-9-7-8-20(4)16-22)32(31(35)30(27)34)18-21-10-13-24(36-5)14-11-21/h7-17,19,28,33H,6,18H2,1-5H3/b29-27-. The van der Waals surface area contributed by atoms with E-state index < -0.39 is 17.7 Å². The molecule has 0 aromatic heterocycles. The summed E-state index contributed by atoms with van der Waals surface area (Å²) >= 11 is 0. The summed E-state index contributed by atoms with van der Waals surface area (Å²) in [6.45, 7) is 8.70. The van der Waals surface area contributed by atoms with Gasteiger partial charge in [-0.25, -0.2) is 0 Å². The summed E-state index contributed by atoms with van der Waals surface area (Å²) in [7, 11) is 1.59. The number of amides is 1.